The molecule has 0 bridgehead atoms. The van der Waals surface area contributed by atoms with Crippen LogP contribution in [0.1, 0.15) is 132 Å². The Morgan fingerprint density at radius 1 is 0.686 bits per heavy atom. The fourth-order valence-corrected chi connectivity index (χ4v) is 4.47. The van der Waals surface area contributed by atoms with Crippen LogP contribution in [0.2, 0.25) is 0 Å². The predicted octanol–water partition coefficient (Wildman–Crippen LogP) is 9.64. The van der Waals surface area contributed by atoms with Crippen molar-refractivity contribution >= 4 is 5.97 Å². The summed E-state index contributed by atoms with van der Waals surface area (Å²) in [5.41, 5.74) is 2.95. The van der Waals surface area contributed by atoms with E-state index < -0.39 is 0 Å². The van der Waals surface area contributed by atoms with Gasteiger partial charge in [-0.05, 0) is 62.1 Å². The average Bonchev–Trinajstić information content (AvgIpc) is 2.87. The van der Waals surface area contributed by atoms with E-state index >= 15 is 0 Å². The van der Waals surface area contributed by atoms with Crippen LogP contribution in [0.25, 0.3) is 0 Å². The van der Waals surface area contributed by atoms with Crippen molar-refractivity contribution in [2.24, 2.45) is 0 Å². The molecule has 1 atom stereocenters. The van der Waals surface area contributed by atoms with Crippen LogP contribution in [-0.2, 0) is 11.2 Å². The maximum absolute atomic E-state index is 12.5. The molecule has 0 aliphatic heterocycles. The van der Waals surface area contributed by atoms with Crippen molar-refractivity contribution in [2.75, 3.05) is 6.61 Å². The Hall–Kier alpha value is -2.13. The Morgan fingerprint density at radius 2 is 1.20 bits per heavy atom. The minimum atomic E-state index is -0.317. The molecule has 3 heteroatoms. The molecule has 3 nitrogen and oxygen atoms in total. The number of benzene rings is 2. The zero-order chi connectivity index (χ0) is 25.1. The van der Waals surface area contributed by atoms with E-state index in [0.29, 0.717) is 17.9 Å². The van der Waals surface area contributed by atoms with Gasteiger partial charge in [0.15, 0.2) is 0 Å². The second-order valence-corrected chi connectivity index (χ2v) is 9.75. The van der Waals surface area contributed by atoms with Gasteiger partial charge in [-0.3, -0.25) is 0 Å². The highest BCUT2D eigenvalue weighted by molar-refractivity contribution is 5.91. The predicted molar refractivity (Wildman–Crippen MR) is 147 cm³/mol. The van der Waals surface area contributed by atoms with E-state index in [9.17, 15) is 4.79 Å². The monoisotopic (exact) mass is 480 g/mol. The highest BCUT2D eigenvalue weighted by Gasteiger charge is 2.10. The lowest BCUT2D eigenvalue weighted by Gasteiger charge is -2.12. The van der Waals surface area contributed by atoms with Gasteiger partial charge in [-0.2, -0.15) is 0 Å². The number of ether oxygens (including phenoxy) is 2. The molecule has 2 rings (SSSR count). The molecule has 2 aromatic rings. The van der Waals surface area contributed by atoms with Crippen molar-refractivity contribution in [3.63, 3.8) is 0 Å². The first kappa shape index (κ1) is 29.1. The molecule has 35 heavy (non-hydrogen) atoms. The highest BCUT2D eigenvalue weighted by atomic mass is 16.5. The number of aryl methyl sites for hydroxylation is 1. The summed E-state index contributed by atoms with van der Waals surface area (Å²) >= 11 is 0. The van der Waals surface area contributed by atoms with Crippen LogP contribution in [0, 0.1) is 0 Å². The molecule has 0 amide bonds. The van der Waals surface area contributed by atoms with Crippen molar-refractivity contribution in [1.82, 2.24) is 0 Å². The molecular weight excluding hydrogens is 432 g/mol. The molecule has 0 aliphatic carbocycles. The lowest BCUT2D eigenvalue weighted by Crippen LogP contribution is -2.08. The normalized spacial score (nSPS) is 12.0. The Bertz CT molecular complexity index is 795. The fraction of sp³-hybridized carbons (Fsp3) is 0.594. The maximum atomic E-state index is 12.5. The standard InChI is InChI=1S/C32H48O3/c1-4-6-7-8-9-10-11-12-13-14-15-16-17-18-28-19-21-30(22-20-28)32(33)35-31-25-23-29(24-26-31)27(3)34-5-2/h19-27H,4-18H2,1-3H3. The van der Waals surface area contributed by atoms with E-state index in [4.69, 9.17) is 9.47 Å². The van der Waals surface area contributed by atoms with Gasteiger partial charge < -0.3 is 9.47 Å². The summed E-state index contributed by atoms with van der Waals surface area (Å²) in [7, 11) is 0. The molecule has 194 valence electrons. The first-order valence-corrected chi connectivity index (χ1v) is 14.2. The molecule has 0 heterocycles. The average molecular weight is 481 g/mol. The maximum Gasteiger partial charge on any atom is 0.343 e. The molecule has 0 fully saturated rings. The van der Waals surface area contributed by atoms with Crippen molar-refractivity contribution in [3.05, 3.63) is 65.2 Å². The number of unbranched alkanes of at least 4 members (excludes halogenated alkanes) is 12. The number of rotatable bonds is 19. The quantitative estimate of drug-likeness (QED) is 0.114. The van der Waals surface area contributed by atoms with Gasteiger partial charge in [-0.25, -0.2) is 4.79 Å². The Labute approximate surface area is 214 Å². The summed E-state index contributed by atoms with van der Waals surface area (Å²) in [5, 5.41) is 0. The Morgan fingerprint density at radius 3 is 1.71 bits per heavy atom. The summed E-state index contributed by atoms with van der Waals surface area (Å²) in [6.45, 7) is 6.95. The molecule has 0 radical (unpaired) electrons. The second-order valence-electron chi connectivity index (χ2n) is 9.75. The van der Waals surface area contributed by atoms with Gasteiger partial charge in [-0.15, -0.1) is 0 Å². The molecule has 0 saturated carbocycles. The highest BCUT2D eigenvalue weighted by Crippen LogP contribution is 2.21. The summed E-state index contributed by atoms with van der Waals surface area (Å²) in [4.78, 5) is 12.5. The van der Waals surface area contributed by atoms with Crippen LogP contribution in [0.15, 0.2) is 48.5 Å². The van der Waals surface area contributed by atoms with Gasteiger partial charge >= 0.3 is 5.97 Å². The van der Waals surface area contributed by atoms with Gasteiger partial charge in [0.25, 0.3) is 0 Å². The van der Waals surface area contributed by atoms with E-state index in [1.54, 1.807) is 0 Å². The van der Waals surface area contributed by atoms with E-state index in [0.717, 1.165) is 12.0 Å². The molecule has 2 aromatic carbocycles. The van der Waals surface area contributed by atoms with Crippen molar-refractivity contribution < 1.29 is 14.3 Å². The number of hydrogen-bond acceptors (Lipinski definition) is 3. The molecule has 0 N–H and O–H groups in total. The van der Waals surface area contributed by atoms with E-state index in [-0.39, 0.29) is 12.1 Å². The van der Waals surface area contributed by atoms with Crippen LogP contribution >= 0.6 is 0 Å². The summed E-state index contributed by atoms with van der Waals surface area (Å²) < 4.78 is 11.1. The van der Waals surface area contributed by atoms with Gasteiger partial charge in [0.2, 0.25) is 0 Å². The third-order valence-electron chi connectivity index (χ3n) is 6.74. The minimum absolute atomic E-state index is 0.0344. The molecule has 0 spiro atoms. The lowest BCUT2D eigenvalue weighted by atomic mass is 10.0. The third-order valence-corrected chi connectivity index (χ3v) is 6.74. The van der Waals surface area contributed by atoms with Crippen molar-refractivity contribution in [1.29, 1.82) is 0 Å². The van der Waals surface area contributed by atoms with Crippen molar-refractivity contribution in [2.45, 2.75) is 117 Å². The number of carbonyl (C=O) groups excluding carboxylic acids is 1. The molecular formula is C32H48O3. The van der Waals surface area contributed by atoms with Crippen LogP contribution in [0.3, 0.4) is 0 Å². The van der Waals surface area contributed by atoms with Crippen LogP contribution in [-0.4, -0.2) is 12.6 Å². The van der Waals surface area contributed by atoms with Gasteiger partial charge in [-0.1, -0.05) is 108 Å². The smallest absolute Gasteiger partial charge is 0.343 e. The van der Waals surface area contributed by atoms with E-state index in [2.05, 4.69) is 19.1 Å². The number of carbonyl (C=O) groups is 1. The Kier molecular flexibility index (Phi) is 15.1. The molecule has 0 aliphatic rings. The number of esters is 1. The number of hydrogen-bond donors (Lipinski definition) is 0. The first-order valence-electron chi connectivity index (χ1n) is 14.2. The minimum Gasteiger partial charge on any atom is -0.423 e. The molecule has 1 unspecified atom stereocenters. The SMILES string of the molecule is CCCCCCCCCCCCCCCc1ccc(C(=O)Oc2ccc(C(C)OCC)cc2)cc1. The summed E-state index contributed by atoms with van der Waals surface area (Å²) in [6, 6.07) is 15.4. The second kappa shape index (κ2) is 18.2. The zero-order valence-electron chi connectivity index (χ0n) is 22.5. The van der Waals surface area contributed by atoms with E-state index in [1.807, 2.05) is 50.2 Å². The Balaban J connectivity index is 1.56. The van der Waals surface area contributed by atoms with Crippen molar-refractivity contribution in [3.8, 4) is 5.75 Å². The summed E-state index contributed by atoms with van der Waals surface area (Å²) in [5.74, 6) is 0.238. The molecule has 0 saturated heterocycles. The van der Waals surface area contributed by atoms with Crippen LogP contribution < -0.4 is 4.74 Å². The third kappa shape index (κ3) is 12.4. The van der Waals surface area contributed by atoms with Gasteiger partial charge in [0.05, 0.1) is 11.7 Å². The van der Waals surface area contributed by atoms with Crippen LogP contribution in [0.4, 0.5) is 0 Å². The zero-order valence-corrected chi connectivity index (χ0v) is 22.5. The van der Waals surface area contributed by atoms with Gasteiger partial charge in [0.1, 0.15) is 5.75 Å². The largest absolute Gasteiger partial charge is 0.423 e. The van der Waals surface area contributed by atoms with Crippen LogP contribution in [0.5, 0.6) is 5.75 Å². The lowest BCUT2D eigenvalue weighted by molar-refractivity contribution is 0.0733. The molecule has 0 aromatic heterocycles. The summed E-state index contributed by atoms with van der Waals surface area (Å²) in [6.07, 6.45) is 19.0. The first-order chi connectivity index (χ1) is 17.1. The van der Waals surface area contributed by atoms with Gasteiger partial charge in [0, 0.05) is 6.61 Å². The fourth-order valence-electron chi connectivity index (χ4n) is 4.47. The topological polar surface area (TPSA) is 35.5 Å². The van der Waals surface area contributed by atoms with E-state index in [1.165, 1.54) is 89.0 Å².